The van der Waals surface area contributed by atoms with Crippen LogP contribution in [0.25, 0.3) is 0 Å². The number of halogens is 2. The molecule has 0 bridgehead atoms. The molecule has 1 aliphatic rings. The van der Waals surface area contributed by atoms with E-state index < -0.39 is 29.2 Å². The third-order valence-corrected chi connectivity index (χ3v) is 4.27. The first-order valence-electron chi connectivity index (χ1n) is 8.22. The largest absolute Gasteiger partial charge is 0.490 e. The molecule has 6 heteroatoms. The van der Waals surface area contributed by atoms with Crippen LogP contribution in [0.3, 0.4) is 0 Å². The number of carbonyl (C=O) groups is 1. The third kappa shape index (κ3) is 3.96. The number of nitrogens with one attached hydrogen (secondary N) is 1. The molecule has 2 aromatic rings. The van der Waals surface area contributed by atoms with Crippen molar-refractivity contribution in [2.75, 3.05) is 6.54 Å². The van der Waals surface area contributed by atoms with Crippen LogP contribution in [0.2, 0.25) is 0 Å². The number of aliphatic hydroxyl groups is 1. The number of hydrogen-bond acceptors (Lipinski definition) is 3. The zero-order valence-electron chi connectivity index (χ0n) is 13.5. The summed E-state index contributed by atoms with van der Waals surface area (Å²) in [5, 5.41) is 12.5. The van der Waals surface area contributed by atoms with E-state index in [0.717, 1.165) is 31.4 Å². The van der Waals surface area contributed by atoms with Crippen LogP contribution in [0.5, 0.6) is 5.75 Å². The minimum absolute atomic E-state index is 0.118. The summed E-state index contributed by atoms with van der Waals surface area (Å²) in [5.41, 5.74) is -0.127. The molecule has 0 aliphatic heterocycles. The van der Waals surface area contributed by atoms with Gasteiger partial charge < -0.3 is 15.2 Å². The molecule has 0 aromatic heterocycles. The summed E-state index contributed by atoms with van der Waals surface area (Å²) in [6.45, 7) is -0.311. The number of rotatable bonds is 6. The highest BCUT2D eigenvalue weighted by atomic mass is 19.1. The molecule has 3 rings (SSSR count). The Hall–Kier alpha value is -2.47. The standard InChI is InChI=1S/C19H19F2NO3/c20-14-8-4-9-15(21)18(14)16(23)11-22-19(24)13-7-1-2-10-17(13)25-12-5-3-6-12/h1-2,4,7-10,12,16,23H,3,5-6,11H2,(H,22,24). The molecule has 1 unspecified atom stereocenters. The van der Waals surface area contributed by atoms with Gasteiger partial charge in [-0.2, -0.15) is 0 Å². The zero-order valence-corrected chi connectivity index (χ0v) is 13.5. The molecule has 1 saturated carbocycles. The maximum atomic E-state index is 13.7. The van der Waals surface area contributed by atoms with Crippen LogP contribution >= 0.6 is 0 Å². The molecule has 25 heavy (non-hydrogen) atoms. The summed E-state index contributed by atoms with van der Waals surface area (Å²) in [4.78, 5) is 12.4. The Kier molecular flexibility index (Phi) is 5.28. The molecule has 0 saturated heterocycles. The lowest BCUT2D eigenvalue weighted by molar-refractivity contribution is 0.0889. The highest BCUT2D eigenvalue weighted by Gasteiger charge is 2.23. The van der Waals surface area contributed by atoms with Gasteiger partial charge in [-0.25, -0.2) is 8.78 Å². The first kappa shape index (κ1) is 17.4. The summed E-state index contributed by atoms with van der Waals surface area (Å²) in [5.74, 6) is -1.70. The second-order valence-electron chi connectivity index (χ2n) is 6.03. The first-order valence-corrected chi connectivity index (χ1v) is 8.22. The van der Waals surface area contributed by atoms with Crippen LogP contribution in [-0.4, -0.2) is 23.7 Å². The summed E-state index contributed by atoms with van der Waals surface area (Å²) < 4.78 is 33.1. The van der Waals surface area contributed by atoms with Gasteiger partial charge >= 0.3 is 0 Å². The van der Waals surface area contributed by atoms with E-state index in [-0.39, 0.29) is 12.6 Å². The van der Waals surface area contributed by atoms with Gasteiger partial charge in [-0.1, -0.05) is 18.2 Å². The van der Waals surface area contributed by atoms with Crippen LogP contribution < -0.4 is 10.1 Å². The summed E-state index contributed by atoms with van der Waals surface area (Å²) >= 11 is 0. The Morgan fingerprint density at radius 2 is 1.84 bits per heavy atom. The van der Waals surface area contributed by atoms with Crippen molar-refractivity contribution < 1.29 is 23.4 Å². The van der Waals surface area contributed by atoms with Crippen molar-refractivity contribution in [2.45, 2.75) is 31.5 Å². The fraction of sp³-hybridized carbons (Fsp3) is 0.316. The van der Waals surface area contributed by atoms with Gasteiger partial charge in [-0.05, 0) is 43.5 Å². The number of amides is 1. The fourth-order valence-corrected chi connectivity index (χ4v) is 2.64. The Morgan fingerprint density at radius 1 is 1.16 bits per heavy atom. The highest BCUT2D eigenvalue weighted by Crippen LogP contribution is 2.27. The Bertz CT molecular complexity index is 742. The predicted molar refractivity (Wildman–Crippen MR) is 88.4 cm³/mol. The van der Waals surface area contributed by atoms with Gasteiger partial charge in [0.1, 0.15) is 23.5 Å². The minimum Gasteiger partial charge on any atom is -0.490 e. The van der Waals surface area contributed by atoms with Crippen LogP contribution in [0.4, 0.5) is 8.78 Å². The SMILES string of the molecule is O=C(NCC(O)c1c(F)cccc1F)c1ccccc1OC1CCC1. The molecule has 2 N–H and O–H groups in total. The summed E-state index contributed by atoms with van der Waals surface area (Å²) in [6.07, 6.45) is 1.67. The maximum Gasteiger partial charge on any atom is 0.255 e. The van der Waals surface area contributed by atoms with E-state index in [4.69, 9.17) is 4.74 Å². The molecule has 132 valence electrons. The quantitative estimate of drug-likeness (QED) is 0.842. The average Bonchev–Trinajstić information content (AvgIpc) is 2.56. The van der Waals surface area contributed by atoms with E-state index in [2.05, 4.69) is 5.32 Å². The lowest BCUT2D eigenvalue weighted by Crippen LogP contribution is -2.30. The van der Waals surface area contributed by atoms with Gasteiger partial charge in [0, 0.05) is 6.54 Å². The van der Waals surface area contributed by atoms with Crippen LogP contribution in [0, 0.1) is 11.6 Å². The number of hydrogen-bond donors (Lipinski definition) is 2. The molecular weight excluding hydrogens is 328 g/mol. The second-order valence-corrected chi connectivity index (χ2v) is 6.03. The first-order chi connectivity index (χ1) is 12.1. The van der Waals surface area contributed by atoms with Gasteiger partial charge in [-0.3, -0.25) is 4.79 Å². The number of benzene rings is 2. The van der Waals surface area contributed by atoms with Gasteiger partial charge in [-0.15, -0.1) is 0 Å². The van der Waals surface area contributed by atoms with Crippen LogP contribution in [0.15, 0.2) is 42.5 Å². The lowest BCUT2D eigenvalue weighted by atomic mass is 9.96. The second kappa shape index (κ2) is 7.61. The smallest absolute Gasteiger partial charge is 0.255 e. The average molecular weight is 347 g/mol. The molecule has 0 heterocycles. The van der Waals surface area contributed by atoms with Crippen molar-refractivity contribution in [3.63, 3.8) is 0 Å². The van der Waals surface area contributed by atoms with Crippen molar-refractivity contribution in [2.24, 2.45) is 0 Å². The van der Waals surface area contributed by atoms with E-state index >= 15 is 0 Å². The van der Waals surface area contributed by atoms with E-state index in [1.165, 1.54) is 6.07 Å². The fourth-order valence-electron chi connectivity index (χ4n) is 2.64. The Morgan fingerprint density at radius 3 is 2.48 bits per heavy atom. The molecular formula is C19H19F2NO3. The summed E-state index contributed by atoms with van der Waals surface area (Å²) in [6, 6.07) is 10.1. The van der Waals surface area contributed by atoms with Crippen molar-refractivity contribution in [1.29, 1.82) is 0 Å². The lowest BCUT2D eigenvalue weighted by Gasteiger charge is -2.27. The van der Waals surface area contributed by atoms with Crippen molar-refractivity contribution in [1.82, 2.24) is 5.32 Å². The van der Waals surface area contributed by atoms with E-state index in [1.54, 1.807) is 24.3 Å². The number of carbonyl (C=O) groups excluding carboxylic acids is 1. The van der Waals surface area contributed by atoms with Gasteiger partial charge in [0.05, 0.1) is 17.2 Å². The third-order valence-electron chi connectivity index (χ3n) is 4.27. The molecule has 1 atom stereocenters. The van der Waals surface area contributed by atoms with Crippen molar-refractivity contribution in [3.8, 4) is 5.75 Å². The molecule has 4 nitrogen and oxygen atoms in total. The van der Waals surface area contributed by atoms with Crippen molar-refractivity contribution in [3.05, 3.63) is 65.2 Å². The monoisotopic (exact) mass is 347 g/mol. The highest BCUT2D eigenvalue weighted by molar-refractivity contribution is 5.96. The number of ether oxygens (including phenoxy) is 1. The minimum atomic E-state index is -1.48. The van der Waals surface area contributed by atoms with Crippen LogP contribution in [0.1, 0.15) is 41.3 Å². The van der Waals surface area contributed by atoms with Crippen molar-refractivity contribution >= 4 is 5.91 Å². The van der Waals surface area contributed by atoms with Gasteiger partial charge in [0.2, 0.25) is 0 Å². The topological polar surface area (TPSA) is 58.6 Å². The Balaban J connectivity index is 1.66. The normalized spacial score (nSPS) is 15.3. The zero-order chi connectivity index (χ0) is 17.8. The molecule has 0 spiro atoms. The van der Waals surface area contributed by atoms with E-state index in [0.29, 0.717) is 11.3 Å². The Labute approximate surface area is 144 Å². The molecule has 1 amide bonds. The molecule has 0 radical (unpaired) electrons. The molecule has 1 aliphatic carbocycles. The summed E-state index contributed by atoms with van der Waals surface area (Å²) in [7, 11) is 0. The van der Waals surface area contributed by atoms with Crippen LogP contribution in [-0.2, 0) is 0 Å². The maximum absolute atomic E-state index is 13.7. The number of para-hydroxylation sites is 1. The molecule has 2 aromatic carbocycles. The number of aliphatic hydroxyl groups excluding tert-OH is 1. The predicted octanol–water partition coefficient (Wildman–Crippen LogP) is 3.36. The molecule has 1 fully saturated rings. The van der Waals surface area contributed by atoms with Gasteiger partial charge in [0.25, 0.3) is 5.91 Å². The van der Waals surface area contributed by atoms with Gasteiger partial charge in [0.15, 0.2) is 0 Å². The van der Waals surface area contributed by atoms with E-state index in [1.807, 2.05) is 0 Å². The van der Waals surface area contributed by atoms with E-state index in [9.17, 15) is 18.7 Å².